The number of amides is 1. The summed E-state index contributed by atoms with van der Waals surface area (Å²) in [6.07, 6.45) is 0.924. The molecule has 0 radical (unpaired) electrons. The van der Waals surface area contributed by atoms with Crippen molar-refractivity contribution in [3.05, 3.63) is 53.7 Å². The van der Waals surface area contributed by atoms with E-state index in [1.165, 1.54) is 43.2 Å². The number of halogens is 1. The van der Waals surface area contributed by atoms with Gasteiger partial charge in [0.2, 0.25) is 5.95 Å². The van der Waals surface area contributed by atoms with Crippen LogP contribution in [0.3, 0.4) is 0 Å². The van der Waals surface area contributed by atoms with Gasteiger partial charge in [-0.3, -0.25) is 10.3 Å². The lowest BCUT2D eigenvalue weighted by molar-refractivity contribution is 0.0600. The maximum absolute atomic E-state index is 13.7. The number of aryl methyl sites for hydroxylation is 1. The number of methoxy groups -OCH3 is 1. The predicted molar refractivity (Wildman–Crippen MR) is 98.3 cm³/mol. The average Bonchev–Trinajstić information content (AvgIpc) is 3.07. The van der Waals surface area contributed by atoms with Crippen molar-refractivity contribution in [3.63, 3.8) is 0 Å². The summed E-state index contributed by atoms with van der Waals surface area (Å²) in [5, 5.41) is 10.4. The monoisotopic (exact) mass is 400 g/mol. The van der Waals surface area contributed by atoms with E-state index in [9.17, 15) is 14.0 Å². The van der Waals surface area contributed by atoms with E-state index in [-0.39, 0.29) is 22.6 Å². The number of rotatable bonds is 5. The normalized spacial score (nSPS) is 11.6. The minimum absolute atomic E-state index is 0.145. The van der Waals surface area contributed by atoms with Gasteiger partial charge in [-0.15, -0.1) is 5.10 Å². The van der Waals surface area contributed by atoms with Crippen LogP contribution >= 0.6 is 0 Å². The van der Waals surface area contributed by atoms with Crippen molar-refractivity contribution >= 4 is 17.9 Å². The lowest BCUT2D eigenvalue weighted by atomic mass is 10.2. The van der Waals surface area contributed by atoms with Crippen LogP contribution in [0.25, 0.3) is 11.4 Å². The minimum Gasteiger partial charge on any atom is -0.465 e. The highest BCUT2D eigenvalue weighted by Crippen LogP contribution is 2.25. The van der Waals surface area contributed by atoms with Crippen molar-refractivity contribution in [3.8, 4) is 11.4 Å². The highest BCUT2D eigenvalue weighted by Gasteiger charge is 2.21. The Labute approximate surface area is 164 Å². The standard InChI is InChI=1S/C18H17FN6O4/c1-10(12-5-4-8-20-15(12)19)29-18(27)22-16-14(23-24-25(16)2)13-7-6-11(9-21-13)17(26)28-3/h4-10H,1-3H3,(H,22,27)/t10-/m1/s1. The van der Waals surface area contributed by atoms with Crippen molar-refractivity contribution in [2.75, 3.05) is 12.4 Å². The number of ether oxygens (including phenoxy) is 2. The molecule has 1 atom stereocenters. The molecule has 3 aromatic heterocycles. The number of esters is 1. The molecule has 0 aromatic carbocycles. The van der Waals surface area contributed by atoms with Gasteiger partial charge in [-0.1, -0.05) is 5.21 Å². The van der Waals surface area contributed by atoms with E-state index in [1.807, 2.05) is 0 Å². The highest BCUT2D eigenvalue weighted by atomic mass is 19.1. The fraction of sp³-hybridized carbons (Fsp3) is 0.222. The van der Waals surface area contributed by atoms with Crippen molar-refractivity contribution in [2.24, 2.45) is 7.05 Å². The van der Waals surface area contributed by atoms with Gasteiger partial charge in [-0.05, 0) is 31.2 Å². The van der Waals surface area contributed by atoms with Crippen LogP contribution in [0.1, 0.15) is 28.9 Å². The molecule has 0 unspecified atom stereocenters. The Hall–Kier alpha value is -3.89. The van der Waals surface area contributed by atoms with Gasteiger partial charge in [0.05, 0.1) is 18.4 Å². The maximum Gasteiger partial charge on any atom is 0.413 e. The SMILES string of the molecule is COC(=O)c1ccc(-c2nnn(C)c2NC(=O)O[C@H](C)c2cccnc2F)nc1. The molecule has 29 heavy (non-hydrogen) atoms. The van der Waals surface area contributed by atoms with E-state index < -0.39 is 24.1 Å². The van der Waals surface area contributed by atoms with E-state index >= 15 is 0 Å². The van der Waals surface area contributed by atoms with Gasteiger partial charge in [0.25, 0.3) is 0 Å². The second kappa shape index (κ2) is 8.42. The van der Waals surface area contributed by atoms with Crippen LogP contribution in [-0.4, -0.2) is 44.1 Å². The Bertz CT molecular complexity index is 1040. The van der Waals surface area contributed by atoms with Gasteiger partial charge in [0.15, 0.2) is 11.5 Å². The molecule has 1 N–H and O–H groups in total. The summed E-state index contributed by atoms with van der Waals surface area (Å²) in [5.74, 6) is -1.03. The Kier molecular flexibility index (Phi) is 5.77. The van der Waals surface area contributed by atoms with Crippen LogP contribution in [-0.2, 0) is 16.5 Å². The van der Waals surface area contributed by atoms with Gasteiger partial charge >= 0.3 is 12.1 Å². The number of anilines is 1. The van der Waals surface area contributed by atoms with E-state index in [4.69, 9.17) is 4.74 Å². The molecular weight excluding hydrogens is 383 g/mol. The first-order chi connectivity index (χ1) is 13.9. The second-order valence-electron chi connectivity index (χ2n) is 5.89. The molecule has 3 heterocycles. The van der Waals surface area contributed by atoms with E-state index in [2.05, 4.69) is 30.3 Å². The van der Waals surface area contributed by atoms with Crippen LogP contribution in [0.4, 0.5) is 15.0 Å². The number of nitrogens with one attached hydrogen (secondary N) is 1. The number of aromatic nitrogens is 5. The van der Waals surface area contributed by atoms with Crippen molar-refractivity contribution < 1.29 is 23.5 Å². The minimum atomic E-state index is -0.870. The maximum atomic E-state index is 13.7. The molecule has 150 valence electrons. The number of carbonyl (C=O) groups is 2. The topological polar surface area (TPSA) is 121 Å². The fourth-order valence-electron chi connectivity index (χ4n) is 2.49. The molecule has 0 bridgehead atoms. The summed E-state index contributed by atoms with van der Waals surface area (Å²) in [6, 6.07) is 6.08. The zero-order valence-corrected chi connectivity index (χ0v) is 15.8. The zero-order chi connectivity index (χ0) is 21.0. The third-order valence-electron chi connectivity index (χ3n) is 3.98. The first-order valence-electron chi connectivity index (χ1n) is 8.43. The molecule has 3 rings (SSSR count). The predicted octanol–water partition coefficient (Wildman–Crippen LogP) is 2.51. The molecule has 1 amide bonds. The van der Waals surface area contributed by atoms with Gasteiger partial charge < -0.3 is 9.47 Å². The Balaban J connectivity index is 1.77. The third kappa shape index (κ3) is 4.34. The summed E-state index contributed by atoms with van der Waals surface area (Å²) in [6.45, 7) is 1.52. The molecular formula is C18H17FN6O4. The molecule has 3 aromatic rings. The number of carbonyl (C=O) groups excluding carboxylic acids is 2. The molecule has 0 spiro atoms. The average molecular weight is 400 g/mol. The molecule has 0 aliphatic rings. The number of hydrogen-bond donors (Lipinski definition) is 1. The second-order valence-corrected chi connectivity index (χ2v) is 5.89. The smallest absolute Gasteiger partial charge is 0.413 e. The summed E-state index contributed by atoms with van der Waals surface area (Å²) in [7, 11) is 2.84. The van der Waals surface area contributed by atoms with Gasteiger partial charge in [0, 0.05) is 25.0 Å². The van der Waals surface area contributed by atoms with Gasteiger partial charge in [-0.25, -0.2) is 19.3 Å². The number of pyridine rings is 2. The molecule has 0 saturated heterocycles. The Morgan fingerprint density at radius 2 is 2.03 bits per heavy atom. The van der Waals surface area contributed by atoms with Crippen LogP contribution in [0.5, 0.6) is 0 Å². The molecule has 0 fully saturated rings. The lowest BCUT2D eigenvalue weighted by Gasteiger charge is -2.14. The fourth-order valence-corrected chi connectivity index (χ4v) is 2.49. The Morgan fingerprint density at radius 1 is 1.24 bits per heavy atom. The highest BCUT2D eigenvalue weighted by molar-refractivity contribution is 5.90. The zero-order valence-electron chi connectivity index (χ0n) is 15.8. The van der Waals surface area contributed by atoms with Crippen LogP contribution in [0.15, 0.2) is 36.7 Å². The van der Waals surface area contributed by atoms with Gasteiger partial charge in [0.1, 0.15) is 6.10 Å². The molecule has 11 heteroatoms. The van der Waals surface area contributed by atoms with Crippen LogP contribution in [0.2, 0.25) is 0 Å². The van der Waals surface area contributed by atoms with Crippen molar-refractivity contribution in [2.45, 2.75) is 13.0 Å². The van der Waals surface area contributed by atoms with E-state index in [1.54, 1.807) is 19.2 Å². The molecule has 0 aliphatic heterocycles. The number of nitrogens with zero attached hydrogens (tertiary/aromatic N) is 5. The largest absolute Gasteiger partial charge is 0.465 e. The summed E-state index contributed by atoms with van der Waals surface area (Å²) >= 11 is 0. The third-order valence-corrected chi connectivity index (χ3v) is 3.98. The quantitative estimate of drug-likeness (QED) is 0.512. The van der Waals surface area contributed by atoms with Gasteiger partial charge in [-0.2, -0.15) is 4.39 Å². The number of hydrogen-bond acceptors (Lipinski definition) is 8. The first-order valence-corrected chi connectivity index (χ1v) is 8.43. The van der Waals surface area contributed by atoms with E-state index in [0.29, 0.717) is 5.69 Å². The molecule has 10 nitrogen and oxygen atoms in total. The lowest BCUT2D eigenvalue weighted by Crippen LogP contribution is -2.19. The first kappa shape index (κ1) is 19.9. The summed E-state index contributed by atoms with van der Waals surface area (Å²) < 4.78 is 24.9. The van der Waals surface area contributed by atoms with Crippen molar-refractivity contribution in [1.82, 2.24) is 25.0 Å². The summed E-state index contributed by atoms with van der Waals surface area (Å²) in [5.41, 5.74) is 1.04. The molecule has 0 saturated carbocycles. The summed E-state index contributed by atoms with van der Waals surface area (Å²) in [4.78, 5) is 31.5. The van der Waals surface area contributed by atoms with Crippen molar-refractivity contribution in [1.29, 1.82) is 0 Å². The van der Waals surface area contributed by atoms with Crippen LogP contribution < -0.4 is 5.32 Å². The van der Waals surface area contributed by atoms with Crippen LogP contribution in [0, 0.1) is 5.95 Å². The molecule has 0 aliphatic carbocycles. The Morgan fingerprint density at radius 3 is 2.69 bits per heavy atom. The van der Waals surface area contributed by atoms with E-state index in [0.717, 1.165) is 0 Å².